The molecule has 0 bridgehead atoms. The van der Waals surface area contributed by atoms with Crippen molar-refractivity contribution in [1.82, 2.24) is 29.0 Å². The van der Waals surface area contributed by atoms with E-state index >= 15 is 0 Å². The molecule has 34 heavy (non-hydrogen) atoms. The lowest BCUT2D eigenvalue weighted by molar-refractivity contribution is -0.131. The Morgan fingerprint density at radius 2 is 1.85 bits per heavy atom. The molecule has 178 valence electrons. The number of benzene rings is 1. The number of likely N-dealkylation sites (N-methyl/N-ethyl adjacent to an activating group) is 1. The summed E-state index contributed by atoms with van der Waals surface area (Å²) in [7, 11) is 5.83. The SMILES string of the molecule is Cc1nc2scc(CC(=O)N(CCN(C)C)Cc3ccccc3)n2c(=O)c1-c1cc(C)n(C)n1. The van der Waals surface area contributed by atoms with Crippen molar-refractivity contribution in [3.05, 3.63) is 74.8 Å². The number of aryl methyl sites for hydroxylation is 3. The van der Waals surface area contributed by atoms with Crippen LogP contribution in [0.25, 0.3) is 16.2 Å². The minimum absolute atomic E-state index is 0.0203. The van der Waals surface area contributed by atoms with Gasteiger partial charge in [0.15, 0.2) is 4.96 Å². The van der Waals surface area contributed by atoms with Crippen molar-refractivity contribution < 1.29 is 4.79 Å². The van der Waals surface area contributed by atoms with E-state index in [4.69, 9.17) is 0 Å². The van der Waals surface area contributed by atoms with Crippen LogP contribution in [-0.2, 0) is 24.8 Å². The van der Waals surface area contributed by atoms with Gasteiger partial charge in [-0.1, -0.05) is 30.3 Å². The molecule has 0 saturated heterocycles. The Bertz CT molecular complexity index is 1350. The van der Waals surface area contributed by atoms with E-state index in [1.807, 2.05) is 81.7 Å². The van der Waals surface area contributed by atoms with Crippen LogP contribution < -0.4 is 5.56 Å². The summed E-state index contributed by atoms with van der Waals surface area (Å²) in [5.41, 5.74) is 4.21. The van der Waals surface area contributed by atoms with Gasteiger partial charge in [0.05, 0.1) is 23.4 Å². The van der Waals surface area contributed by atoms with Crippen LogP contribution in [0.1, 0.15) is 22.6 Å². The summed E-state index contributed by atoms with van der Waals surface area (Å²) in [6.07, 6.45) is 0.131. The largest absolute Gasteiger partial charge is 0.337 e. The van der Waals surface area contributed by atoms with E-state index in [-0.39, 0.29) is 17.9 Å². The van der Waals surface area contributed by atoms with E-state index in [0.717, 1.165) is 17.8 Å². The third-order valence-corrected chi connectivity index (χ3v) is 6.78. The Morgan fingerprint density at radius 3 is 2.50 bits per heavy atom. The van der Waals surface area contributed by atoms with E-state index in [1.165, 1.54) is 11.3 Å². The van der Waals surface area contributed by atoms with Crippen molar-refractivity contribution in [2.24, 2.45) is 7.05 Å². The highest BCUT2D eigenvalue weighted by Crippen LogP contribution is 2.22. The average molecular weight is 479 g/mol. The molecule has 4 rings (SSSR count). The number of rotatable bonds is 8. The van der Waals surface area contributed by atoms with Crippen LogP contribution in [0.15, 0.2) is 46.6 Å². The molecule has 1 aromatic carbocycles. The topological polar surface area (TPSA) is 75.7 Å². The van der Waals surface area contributed by atoms with Crippen LogP contribution in [0.4, 0.5) is 0 Å². The zero-order valence-electron chi connectivity index (χ0n) is 20.3. The highest BCUT2D eigenvalue weighted by Gasteiger charge is 2.21. The van der Waals surface area contributed by atoms with Gasteiger partial charge in [0.2, 0.25) is 5.91 Å². The summed E-state index contributed by atoms with van der Waals surface area (Å²) < 4.78 is 3.31. The van der Waals surface area contributed by atoms with Crippen molar-refractivity contribution in [3.63, 3.8) is 0 Å². The average Bonchev–Trinajstić information content (AvgIpc) is 3.34. The standard InChI is InChI=1S/C25H30N6O2S/c1-17-13-21(27-29(17)5)23-18(2)26-25-31(24(23)33)20(16-34-25)14-22(32)30(12-11-28(3)4)15-19-9-7-6-8-10-19/h6-10,13,16H,11-12,14-15H2,1-5H3. The first kappa shape index (κ1) is 23.8. The summed E-state index contributed by atoms with van der Waals surface area (Å²) >= 11 is 1.38. The van der Waals surface area contributed by atoms with Gasteiger partial charge in [0, 0.05) is 43.4 Å². The Labute approximate surface area is 203 Å². The van der Waals surface area contributed by atoms with Crippen molar-refractivity contribution >= 4 is 22.2 Å². The van der Waals surface area contributed by atoms with Gasteiger partial charge in [-0.05, 0) is 39.6 Å². The maximum atomic E-state index is 13.6. The molecule has 4 aromatic rings. The number of thiazole rings is 1. The highest BCUT2D eigenvalue weighted by molar-refractivity contribution is 7.15. The molecular formula is C25H30N6O2S. The minimum atomic E-state index is -0.187. The molecule has 9 heteroatoms. The first-order valence-electron chi connectivity index (χ1n) is 11.2. The van der Waals surface area contributed by atoms with Gasteiger partial charge in [-0.15, -0.1) is 11.3 Å². The van der Waals surface area contributed by atoms with Crippen molar-refractivity contribution in [2.45, 2.75) is 26.8 Å². The number of fused-ring (bicyclic) bond motifs is 1. The van der Waals surface area contributed by atoms with Gasteiger partial charge in [-0.25, -0.2) is 4.98 Å². The van der Waals surface area contributed by atoms with Crippen LogP contribution in [0.5, 0.6) is 0 Å². The predicted molar refractivity (Wildman–Crippen MR) is 135 cm³/mol. The zero-order valence-corrected chi connectivity index (χ0v) is 21.1. The van der Waals surface area contributed by atoms with Gasteiger partial charge < -0.3 is 9.80 Å². The number of hydrogen-bond donors (Lipinski definition) is 0. The molecule has 3 aromatic heterocycles. The molecule has 0 aliphatic carbocycles. The van der Waals surface area contributed by atoms with E-state index in [0.29, 0.717) is 40.7 Å². The fraction of sp³-hybridized carbons (Fsp3) is 0.360. The van der Waals surface area contributed by atoms with Crippen molar-refractivity contribution in [1.29, 1.82) is 0 Å². The molecule has 0 unspecified atom stereocenters. The Hall–Kier alpha value is -3.30. The van der Waals surface area contributed by atoms with E-state index in [1.54, 1.807) is 9.08 Å². The number of carbonyl (C=O) groups excluding carboxylic acids is 1. The summed E-state index contributed by atoms with van der Waals surface area (Å²) in [5.74, 6) is -0.0203. The molecule has 3 heterocycles. The highest BCUT2D eigenvalue weighted by atomic mass is 32.1. The number of hydrogen-bond acceptors (Lipinski definition) is 6. The van der Waals surface area contributed by atoms with Crippen LogP contribution in [0.3, 0.4) is 0 Å². The first-order chi connectivity index (χ1) is 16.2. The molecule has 8 nitrogen and oxygen atoms in total. The van der Waals surface area contributed by atoms with Gasteiger partial charge in [-0.3, -0.25) is 18.7 Å². The van der Waals surface area contributed by atoms with Gasteiger partial charge in [-0.2, -0.15) is 5.10 Å². The van der Waals surface area contributed by atoms with E-state index in [2.05, 4.69) is 15.0 Å². The van der Waals surface area contributed by atoms with Gasteiger partial charge in [0.25, 0.3) is 5.56 Å². The summed E-state index contributed by atoms with van der Waals surface area (Å²) in [6, 6.07) is 11.9. The molecule has 0 spiro atoms. The van der Waals surface area contributed by atoms with Crippen LogP contribution in [0, 0.1) is 13.8 Å². The number of aromatic nitrogens is 4. The fourth-order valence-electron chi connectivity index (χ4n) is 3.89. The Morgan fingerprint density at radius 1 is 1.12 bits per heavy atom. The normalized spacial score (nSPS) is 11.5. The number of carbonyl (C=O) groups is 1. The maximum absolute atomic E-state index is 13.6. The van der Waals surface area contributed by atoms with E-state index < -0.39 is 0 Å². The third-order valence-electron chi connectivity index (χ3n) is 5.91. The van der Waals surface area contributed by atoms with E-state index in [9.17, 15) is 9.59 Å². The molecule has 0 fully saturated rings. The summed E-state index contributed by atoms with van der Waals surface area (Å²) in [4.78, 5) is 36.1. The lowest BCUT2D eigenvalue weighted by Gasteiger charge is -2.24. The number of nitrogens with zero attached hydrogens (tertiary/aromatic N) is 6. The predicted octanol–water partition coefficient (Wildman–Crippen LogP) is 2.91. The monoisotopic (exact) mass is 478 g/mol. The second-order valence-electron chi connectivity index (χ2n) is 8.80. The molecule has 0 N–H and O–H groups in total. The molecule has 0 saturated carbocycles. The zero-order chi connectivity index (χ0) is 24.4. The third kappa shape index (κ3) is 4.95. The molecule has 0 aliphatic rings. The fourth-order valence-corrected chi connectivity index (χ4v) is 4.82. The van der Waals surface area contributed by atoms with Crippen LogP contribution >= 0.6 is 11.3 Å². The summed E-state index contributed by atoms with van der Waals surface area (Å²) in [5, 5.41) is 6.35. The van der Waals surface area contributed by atoms with Crippen molar-refractivity contribution in [3.8, 4) is 11.3 Å². The minimum Gasteiger partial charge on any atom is -0.337 e. The van der Waals surface area contributed by atoms with Gasteiger partial charge in [0.1, 0.15) is 0 Å². The summed E-state index contributed by atoms with van der Waals surface area (Å²) in [6.45, 7) is 5.66. The maximum Gasteiger partial charge on any atom is 0.268 e. The quantitative estimate of drug-likeness (QED) is 0.389. The Balaban J connectivity index is 1.67. The Kier molecular flexibility index (Phi) is 6.95. The number of amides is 1. The smallest absolute Gasteiger partial charge is 0.268 e. The lowest BCUT2D eigenvalue weighted by Crippen LogP contribution is -2.37. The lowest BCUT2D eigenvalue weighted by atomic mass is 10.1. The first-order valence-corrected chi connectivity index (χ1v) is 12.1. The molecule has 0 radical (unpaired) electrons. The second-order valence-corrected chi connectivity index (χ2v) is 9.63. The second kappa shape index (κ2) is 9.90. The molecular weight excluding hydrogens is 448 g/mol. The molecule has 1 amide bonds. The van der Waals surface area contributed by atoms with Gasteiger partial charge >= 0.3 is 0 Å². The van der Waals surface area contributed by atoms with Crippen LogP contribution in [-0.4, -0.2) is 62.1 Å². The molecule has 0 atom stereocenters. The van der Waals surface area contributed by atoms with Crippen molar-refractivity contribution in [2.75, 3.05) is 27.2 Å². The van der Waals surface area contributed by atoms with Crippen LogP contribution in [0.2, 0.25) is 0 Å². The molecule has 0 aliphatic heterocycles.